The normalized spacial score (nSPS) is 10.4. The van der Waals surface area contributed by atoms with Crippen molar-refractivity contribution in [3.63, 3.8) is 0 Å². The molecule has 0 heterocycles. The molecule has 134 valence electrons. The lowest BCUT2D eigenvalue weighted by Gasteiger charge is -2.07. The van der Waals surface area contributed by atoms with E-state index in [0.717, 1.165) is 26.2 Å². The number of carbonyl (C=O) groups is 1. The summed E-state index contributed by atoms with van der Waals surface area (Å²) in [6.45, 7) is 6.83. The van der Waals surface area contributed by atoms with Crippen molar-refractivity contribution in [3.8, 4) is 0 Å². The van der Waals surface area contributed by atoms with Crippen LogP contribution in [0.15, 0.2) is 0 Å². The number of carboxylic acid groups (broad SMARTS) is 1. The van der Waals surface area contributed by atoms with Gasteiger partial charge in [0.15, 0.2) is 0 Å². The molecule has 0 aromatic rings. The van der Waals surface area contributed by atoms with Gasteiger partial charge in [0.1, 0.15) is 0 Å². The molecule has 0 amide bonds. The van der Waals surface area contributed by atoms with Gasteiger partial charge in [-0.2, -0.15) is 0 Å². The lowest BCUT2D eigenvalue weighted by molar-refractivity contribution is -0.135. The number of carboxylic acids is 1. The average Bonchev–Trinajstić information content (AvgIpc) is 2.46. The smallest absolute Gasteiger partial charge is 0.317 e. The predicted molar refractivity (Wildman–Crippen MR) is 96.1 cm³/mol. The Morgan fingerprint density at radius 1 is 0.727 bits per heavy atom. The largest absolute Gasteiger partial charge is 0.480 e. The fourth-order valence-electron chi connectivity index (χ4n) is 2.18. The molecule has 0 aromatic carbocycles. The van der Waals surface area contributed by atoms with Gasteiger partial charge in [-0.1, -0.05) is 51.9 Å². The SMILES string of the molecule is CCCCCCCCCCNCCNCCNCC(=O)O.Cl. The van der Waals surface area contributed by atoms with Crippen LogP contribution in [0.1, 0.15) is 58.3 Å². The molecule has 4 N–H and O–H groups in total. The molecule has 0 aliphatic rings. The van der Waals surface area contributed by atoms with Crippen molar-refractivity contribution >= 4 is 18.4 Å². The highest BCUT2D eigenvalue weighted by Crippen LogP contribution is 2.07. The van der Waals surface area contributed by atoms with Crippen molar-refractivity contribution in [2.24, 2.45) is 0 Å². The first-order chi connectivity index (χ1) is 10.3. The zero-order valence-electron chi connectivity index (χ0n) is 14.2. The van der Waals surface area contributed by atoms with Crippen molar-refractivity contribution in [1.29, 1.82) is 0 Å². The molecule has 0 unspecified atom stereocenters. The molecule has 0 aromatic heterocycles. The number of nitrogens with one attached hydrogen (secondary N) is 3. The van der Waals surface area contributed by atoms with Crippen molar-refractivity contribution in [3.05, 3.63) is 0 Å². The van der Waals surface area contributed by atoms with E-state index in [1.165, 1.54) is 51.4 Å². The first kappa shape index (κ1) is 23.9. The van der Waals surface area contributed by atoms with Gasteiger partial charge in [0, 0.05) is 26.2 Å². The standard InChI is InChI=1S/C16H35N3O2.ClH/c1-2-3-4-5-6-7-8-9-10-17-11-12-18-13-14-19-15-16(20)21;/h17-19H,2-15H2,1H3,(H,20,21);1H. The van der Waals surface area contributed by atoms with E-state index in [-0.39, 0.29) is 19.0 Å². The van der Waals surface area contributed by atoms with E-state index < -0.39 is 5.97 Å². The minimum Gasteiger partial charge on any atom is -0.480 e. The quantitative estimate of drug-likeness (QED) is 0.307. The Hall–Kier alpha value is -0.360. The van der Waals surface area contributed by atoms with E-state index in [1.54, 1.807) is 0 Å². The van der Waals surface area contributed by atoms with Gasteiger partial charge >= 0.3 is 5.97 Å². The number of unbranched alkanes of at least 4 members (excludes halogenated alkanes) is 7. The first-order valence-electron chi connectivity index (χ1n) is 8.61. The molecule has 0 atom stereocenters. The van der Waals surface area contributed by atoms with Gasteiger partial charge in [-0.05, 0) is 13.0 Å². The number of aliphatic carboxylic acids is 1. The summed E-state index contributed by atoms with van der Waals surface area (Å²) in [6.07, 6.45) is 10.9. The minimum absolute atomic E-state index is 0. The summed E-state index contributed by atoms with van der Waals surface area (Å²) in [5, 5.41) is 18.0. The monoisotopic (exact) mass is 337 g/mol. The first-order valence-corrected chi connectivity index (χ1v) is 8.61. The van der Waals surface area contributed by atoms with Gasteiger partial charge in [-0.15, -0.1) is 12.4 Å². The van der Waals surface area contributed by atoms with E-state index in [2.05, 4.69) is 22.9 Å². The topological polar surface area (TPSA) is 73.4 Å². The van der Waals surface area contributed by atoms with Crippen LogP contribution < -0.4 is 16.0 Å². The molecule has 0 saturated carbocycles. The molecular formula is C16H36ClN3O2. The third-order valence-electron chi connectivity index (χ3n) is 3.44. The molecule has 0 aliphatic carbocycles. The number of halogens is 1. The minimum atomic E-state index is -0.804. The molecular weight excluding hydrogens is 302 g/mol. The summed E-state index contributed by atoms with van der Waals surface area (Å²) in [4.78, 5) is 10.3. The maximum atomic E-state index is 10.3. The van der Waals surface area contributed by atoms with Crippen molar-refractivity contribution in [1.82, 2.24) is 16.0 Å². The third-order valence-corrected chi connectivity index (χ3v) is 3.44. The van der Waals surface area contributed by atoms with Gasteiger partial charge in [-0.25, -0.2) is 0 Å². The highest BCUT2D eigenvalue weighted by molar-refractivity contribution is 5.85. The highest BCUT2D eigenvalue weighted by atomic mass is 35.5. The molecule has 5 nitrogen and oxygen atoms in total. The van der Waals surface area contributed by atoms with Crippen molar-refractivity contribution in [2.45, 2.75) is 58.3 Å². The van der Waals surface area contributed by atoms with E-state index in [1.807, 2.05) is 0 Å². The second-order valence-corrected chi connectivity index (χ2v) is 5.55. The van der Waals surface area contributed by atoms with E-state index in [4.69, 9.17) is 5.11 Å². The van der Waals surface area contributed by atoms with Crippen LogP contribution in [0.4, 0.5) is 0 Å². The lowest BCUT2D eigenvalue weighted by atomic mass is 10.1. The fourth-order valence-corrected chi connectivity index (χ4v) is 2.18. The third kappa shape index (κ3) is 21.9. The molecule has 0 spiro atoms. The number of rotatable bonds is 17. The van der Waals surface area contributed by atoms with E-state index >= 15 is 0 Å². The number of hydrogen-bond acceptors (Lipinski definition) is 4. The summed E-state index contributed by atoms with van der Waals surface area (Å²) in [5.41, 5.74) is 0. The Morgan fingerprint density at radius 3 is 1.73 bits per heavy atom. The molecule has 6 heteroatoms. The van der Waals surface area contributed by atoms with Crippen LogP contribution in [0, 0.1) is 0 Å². The number of hydrogen-bond donors (Lipinski definition) is 4. The Morgan fingerprint density at radius 2 is 1.18 bits per heavy atom. The Bertz CT molecular complexity index is 231. The van der Waals surface area contributed by atoms with Crippen LogP contribution in [0.5, 0.6) is 0 Å². The van der Waals surface area contributed by atoms with Gasteiger partial charge in [0.25, 0.3) is 0 Å². The zero-order valence-corrected chi connectivity index (χ0v) is 15.0. The summed E-state index contributed by atoms with van der Waals surface area (Å²) >= 11 is 0. The van der Waals surface area contributed by atoms with Crippen LogP contribution in [0.3, 0.4) is 0 Å². The van der Waals surface area contributed by atoms with Gasteiger partial charge in [0.2, 0.25) is 0 Å². The van der Waals surface area contributed by atoms with Crippen LogP contribution in [-0.2, 0) is 4.79 Å². The predicted octanol–water partition coefficient (Wildman–Crippen LogP) is 2.40. The Balaban J connectivity index is 0. The average molecular weight is 338 g/mol. The van der Waals surface area contributed by atoms with Gasteiger partial charge < -0.3 is 21.1 Å². The summed E-state index contributed by atoms with van der Waals surface area (Å²) in [5.74, 6) is -0.804. The zero-order chi connectivity index (χ0) is 15.6. The fraction of sp³-hybridized carbons (Fsp3) is 0.938. The molecule has 0 rings (SSSR count). The van der Waals surface area contributed by atoms with Crippen LogP contribution in [-0.4, -0.2) is 50.3 Å². The molecule has 0 fully saturated rings. The van der Waals surface area contributed by atoms with Gasteiger partial charge in [0.05, 0.1) is 6.54 Å². The Labute approximate surface area is 142 Å². The maximum Gasteiger partial charge on any atom is 0.317 e. The van der Waals surface area contributed by atoms with Crippen molar-refractivity contribution < 1.29 is 9.90 Å². The molecule has 0 saturated heterocycles. The van der Waals surface area contributed by atoms with E-state index in [9.17, 15) is 4.79 Å². The van der Waals surface area contributed by atoms with Crippen LogP contribution in [0.25, 0.3) is 0 Å². The lowest BCUT2D eigenvalue weighted by Crippen LogP contribution is -2.34. The summed E-state index contributed by atoms with van der Waals surface area (Å²) < 4.78 is 0. The molecule has 0 bridgehead atoms. The second-order valence-electron chi connectivity index (χ2n) is 5.55. The molecule has 0 radical (unpaired) electrons. The van der Waals surface area contributed by atoms with Crippen LogP contribution >= 0.6 is 12.4 Å². The second kappa shape index (κ2) is 20.6. The maximum absolute atomic E-state index is 10.3. The molecule has 0 aliphatic heterocycles. The van der Waals surface area contributed by atoms with E-state index in [0.29, 0.717) is 6.54 Å². The van der Waals surface area contributed by atoms with Crippen LogP contribution in [0.2, 0.25) is 0 Å². The summed E-state index contributed by atoms with van der Waals surface area (Å²) in [6, 6.07) is 0. The molecule has 22 heavy (non-hydrogen) atoms. The highest BCUT2D eigenvalue weighted by Gasteiger charge is 1.94. The summed E-state index contributed by atoms with van der Waals surface area (Å²) in [7, 11) is 0. The van der Waals surface area contributed by atoms with Gasteiger partial charge in [-0.3, -0.25) is 4.79 Å². The Kier molecular flexibility index (Phi) is 22.4. The van der Waals surface area contributed by atoms with Crippen molar-refractivity contribution in [2.75, 3.05) is 39.3 Å².